The standard InChI is InChI=1S/C13H17N3O3/c1-9-10(7-15-19-9)12(18)16-4-2-13(3-5-16)6-11(17)14-8-13/h7H,2-6,8H2,1H3,(H,14,17). The summed E-state index contributed by atoms with van der Waals surface area (Å²) in [5.41, 5.74) is 0.606. The van der Waals surface area contributed by atoms with Crippen LogP contribution in [0.1, 0.15) is 35.4 Å². The fraction of sp³-hybridized carbons (Fsp3) is 0.615. The lowest BCUT2D eigenvalue weighted by atomic mass is 9.77. The van der Waals surface area contributed by atoms with E-state index in [0.717, 1.165) is 19.4 Å². The summed E-state index contributed by atoms with van der Waals surface area (Å²) in [5, 5.41) is 6.53. The van der Waals surface area contributed by atoms with Gasteiger partial charge in [-0.1, -0.05) is 5.16 Å². The predicted octanol–water partition coefficient (Wildman–Crippen LogP) is 0.725. The number of rotatable bonds is 1. The molecule has 2 aliphatic rings. The van der Waals surface area contributed by atoms with E-state index in [9.17, 15) is 9.59 Å². The van der Waals surface area contributed by atoms with Crippen molar-refractivity contribution in [2.75, 3.05) is 19.6 Å². The number of aryl methyl sites for hydroxylation is 1. The number of nitrogens with zero attached hydrogens (tertiary/aromatic N) is 2. The van der Waals surface area contributed by atoms with Crippen LogP contribution in [0.3, 0.4) is 0 Å². The van der Waals surface area contributed by atoms with E-state index in [1.807, 2.05) is 4.90 Å². The summed E-state index contributed by atoms with van der Waals surface area (Å²) in [5.74, 6) is 0.670. The molecule has 0 bridgehead atoms. The second-order valence-electron chi connectivity index (χ2n) is 5.54. The lowest BCUT2D eigenvalue weighted by Crippen LogP contribution is -2.44. The molecule has 2 fully saturated rings. The number of hydrogen-bond donors (Lipinski definition) is 1. The van der Waals surface area contributed by atoms with Crippen LogP contribution >= 0.6 is 0 Å². The van der Waals surface area contributed by atoms with Crippen LogP contribution in [0, 0.1) is 12.3 Å². The Bertz CT molecular complexity index is 515. The molecule has 1 aromatic rings. The minimum absolute atomic E-state index is 0.0223. The van der Waals surface area contributed by atoms with E-state index in [1.54, 1.807) is 6.92 Å². The molecule has 0 atom stereocenters. The normalized spacial score (nSPS) is 21.7. The Balaban J connectivity index is 1.66. The highest BCUT2D eigenvalue weighted by Gasteiger charge is 2.41. The van der Waals surface area contributed by atoms with E-state index in [-0.39, 0.29) is 17.2 Å². The van der Waals surface area contributed by atoms with Crippen LogP contribution in [0.5, 0.6) is 0 Å². The number of piperidine rings is 1. The first-order valence-electron chi connectivity index (χ1n) is 6.57. The van der Waals surface area contributed by atoms with Gasteiger partial charge in [0.05, 0.1) is 6.20 Å². The number of nitrogens with one attached hydrogen (secondary N) is 1. The average molecular weight is 263 g/mol. The summed E-state index contributed by atoms with van der Waals surface area (Å²) < 4.78 is 4.93. The predicted molar refractivity (Wildman–Crippen MR) is 66.4 cm³/mol. The third-order valence-corrected chi connectivity index (χ3v) is 4.29. The molecule has 19 heavy (non-hydrogen) atoms. The van der Waals surface area contributed by atoms with E-state index < -0.39 is 0 Å². The van der Waals surface area contributed by atoms with Crippen molar-refractivity contribution < 1.29 is 14.1 Å². The molecule has 0 aliphatic carbocycles. The first kappa shape index (κ1) is 12.2. The second-order valence-corrected chi connectivity index (χ2v) is 5.54. The Labute approximate surface area is 111 Å². The number of carbonyl (C=O) groups excluding carboxylic acids is 2. The highest BCUT2D eigenvalue weighted by Crippen LogP contribution is 2.37. The minimum atomic E-state index is -0.0223. The van der Waals surface area contributed by atoms with Crippen molar-refractivity contribution in [1.29, 1.82) is 0 Å². The van der Waals surface area contributed by atoms with Crippen molar-refractivity contribution in [3.63, 3.8) is 0 Å². The lowest BCUT2D eigenvalue weighted by molar-refractivity contribution is -0.119. The van der Waals surface area contributed by atoms with Crippen molar-refractivity contribution in [3.8, 4) is 0 Å². The molecular formula is C13H17N3O3. The summed E-state index contributed by atoms with van der Waals surface area (Å²) in [4.78, 5) is 25.5. The highest BCUT2D eigenvalue weighted by atomic mass is 16.5. The molecule has 3 rings (SSSR count). The van der Waals surface area contributed by atoms with Crippen molar-refractivity contribution >= 4 is 11.8 Å². The number of likely N-dealkylation sites (tertiary alicyclic amines) is 1. The molecule has 1 aromatic heterocycles. The maximum Gasteiger partial charge on any atom is 0.259 e. The maximum absolute atomic E-state index is 12.3. The van der Waals surface area contributed by atoms with Crippen LogP contribution in [-0.4, -0.2) is 41.5 Å². The molecule has 6 heteroatoms. The first-order chi connectivity index (χ1) is 9.10. The van der Waals surface area contributed by atoms with Crippen LogP contribution in [0.2, 0.25) is 0 Å². The number of aromatic nitrogens is 1. The molecule has 1 N–H and O–H groups in total. The molecular weight excluding hydrogens is 246 g/mol. The van der Waals surface area contributed by atoms with E-state index in [1.165, 1.54) is 6.20 Å². The van der Waals surface area contributed by atoms with Gasteiger partial charge in [0, 0.05) is 26.1 Å². The summed E-state index contributed by atoms with van der Waals surface area (Å²) in [6, 6.07) is 0. The zero-order valence-corrected chi connectivity index (χ0v) is 10.9. The second kappa shape index (κ2) is 4.36. The van der Waals surface area contributed by atoms with Crippen LogP contribution in [0.4, 0.5) is 0 Å². The molecule has 0 radical (unpaired) electrons. The van der Waals surface area contributed by atoms with E-state index >= 15 is 0 Å². The van der Waals surface area contributed by atoms with Crippen molar-refractivity contribution in [2.24, 2.45) is 5.41 Å². The van der Waals surface area contributed by atoms with Gasteiger partial charge in [0.25, 0.3) is 5.91 Å². The smallest absolute Gasteiger partial charge is 0.259 e. The SMILES string of the molecule is Cc1oncc1C(=O)N1CCC2(CC1)CNC(=O)C2. The molecule has 2 saturated heterocycles. The molecule has 3 heterocycles. The van der Waals surface area contributed by atoms with Crippen LogP contribution in [-0.2, 0) is 4.79 Å². The molecule has 6 nitrogen and oxygen atoms in total. The third kappa shape index (κ3) is 2.11. The Kier molecular flexibility index (Phi) is 2.80. The molecule has 0 aromatic carbocycles. The maximum atomic E-state index is 12.3. The fourth-order valence-electron chi connectivity index (χ4n) is 2.96. The van der Waals surface area contributed by atoms with Gasteiger partial charge in [0.15, 0.2) is 0 Å². The van der Waals surface area contributed by atoms with Gasteiger partial charge in [0.2, 0.25) is 5.91 Å². The van der Waals surface area contributed by atoms with E-state index in [0.29, 0.717) is 30.8 Å². The van der Waals surface area contributed by atoms with Gasteiger partial charge in [-0.05, 0) is 25.2 Å². The molecule has 0 unspecified atom stereocenters. The molecule has 0 saturated carbocycles. The Morgan fingerprint density at radius 3 is 2.74 bits per heavy atom. The van der Waals surface area contributed by atoms with Crippen LogP contribution in [0.25, 0.3) is 0 Å². The Hall–Kier alpha value is -1.85. The first-order valence-corrected chi connectivity index (χ1v) is 6.57. The topological polar surface area (TPSA) is 75.4 Å². The van der Waals surface area contributed by atoms with Gasteiger partial charge in [-0.3, -0.25) is 9.59 Å². The zero-order valence-electron chi connectivity index (χ0n) is 10.9. The van der Waals surface area contributed by atoms with Gasteiger partial charge >= 0.3 is 0 Å². The number of amides is 2. The molecule has 2 amide bonds. The van der Waals surface area contributed by atoms with Crippen molar-refractivity contribution in [2.45, 2.75) is 26.2 Å². The third-order valence-electron chi connectivity index (χ3n) is 4.29. The Morgan fingerprint density at radius 1 is 1.47 bits per heavy atom. The highest BCUT2D eigenvalue weighted by molar-refractivity contribution is 5.94. The summed E-state index contributed by atoms with van der Waals surface area (Å²) in [6.45, 7) is 3.88. The van der Waals surface area contributed by atoms with Gasteiger partial charge in [-0.25, -0.2) is 0 Å². The minimum Gasteiger partial charge on any atom is -0.361 e. The lowest BCUT2D eigenvalue weighted by Gasteiger charge is -2.38. The summed E-state index contributed by atoms with van der Waals surface area (Å²) in [7, 11) is 0. The monoisotopic (exact) mass is 263 g/mol. The van der Waals surface area contributed by atoms with Gasteiger partial charge < -0.3 is 14.7 Å². The summed E-state index contributed by atoms with van der Waals surface area (Å²) in [6.07, 6.45) is 3.83. The number of carbonyl (C=O) groups is 2. The largest absolute Gasteiger partial charge is 0.361 e. The van der Waals surface area contributed by atoms with Crippen LogP contribution in [0.15, 0.2) is 10.7 Å². The quantitative estimate of drug-likeness (QED) is 0.810. The van der Waals surface area contributed by atoms with Gasteiger partial charge in [-0.15, -0.1) is 0 Å². The van der Waals surface area contributed by atoms with Crippen molar-refractivity contribution in [3.05, 3.63) is 17.5 Å². The zero-order chi connectivity index (χ0) is 13.5. The summed E-state index contributed by atoms with van der Waals surface area (Å²) >= 11 is 0. The van der Waals surface area contributed by atoms with Crippen LogP contribution < -0.4 is 5.32 Å². The van der Waals surface area contributed by atoms with E-state index in [2.05, 4.69) is 10.5 Å². The van der Waals surface area contributed by atoms with Crippen molar-refractivity contribution in [1.82, 2.24) is 15.4 Å². The molecule has 1 spiro atoms. The Morgan fingerprint density at radius 2 is 2.21 bits per heavy atom. The fourth-order valence-corrected chi connectivity index (χ4v) is 2.96. The molecule has 102 valence electrons. The van der Waals surface area contributed by atoms with Gasteiger partial charge in [-0.2, -0.15) is 0 Å². The van der Waals surface area contributed by atoms with Gasteiger partial charge in [0.1, 0.15) is 11.3 Å². The number of hydrogen-bond acceptors (Lipinski definition) is 4. The molecule has 2 aliphatic heterocycles. The average Bonchev–Trinajstić information content (AvgIpc) is 2.97. The van der Waals surface area contributed by atoms with E-state index in [4.69, 9.17) is 4.52 Å².